The van der Waals surface area contributed by atoms with Crippen LogP contribution in [0.4, 0.5) is 5.69 Å². The lowest BCUT2D eigenvalue weighted by molar-refractivity contribution is 0.225. The Balaban J connectivity index is 1.75. The quantitative estimate of drug-likeness (QED) is 0.632. The van der Waals surface area contributed by atoms with Crippen molar-refractivity contribution in [2.75, 3.05) is 17.2 Å². The topological polar surface area (TPSA) is 46.2 Å². The molecule has 5 heteroatoms. The highest BCUT2D eigenvalue weighted by molar-refractivity contribution is 8.01. The van der Waals surface area contributed by atoms with Gasteiger partial charge in [-0.1, -0.05) is 18.2 Å². The molecular formula is C13H15NOS3. The number of para-hydroxylation sites is 1. The summed E-state index contributed by atoms with van der Waals surface area (Å²) in [6.45, 7) is 0. The van der Waals surface area contributed by atoms with E-state index in [1.54, 1.807) is 34.9 Å². The first-order chi connectivity index (χ1) is 8.75. The van der Waals surface area contributed by atoms with E-state index >= 15 is 0 Å². The minimum atomic E-state index is -0.318. The van der Waals surface area contributed by atoms with Gasteiger partial charge in [0.2, 0.25) is 0 Å². The summed E-state index contributed by atoms with van der Waals surface area (Å²) in [4.78, 5) is 1.04. The predicted molar refractivity (Wildman–Crippen MR) is 82.6 cm³/mol. The molecular weight excluding hydrogens is 282 g/mol. The second-order valence-electron chi connectivity index (χ2n) is 3.75. The summed E-state index contributed by atoms with van der Waals surface area (Å²) >= 11 is 5.01. The zero-order valence-corrected chi connectivity index (χ0v) is 12.2. The molecule has 1 atom stereocenters. The molecule has 0 fully saturated rings. The number of hydrogen-bond acceptors (Lipinski definition) is 5. The summed E-state index contributed by atoms with van der Waals surface area (Å²) in [7, 11) is 0. The molecule has 2 rings (SSSR count). The normalized spacial score (nSPS) is 12.5. The van der Waals surface area contributed by atoms with Crippen LogP contribution in [0.25, 0.3) is 0 Å². The average Bonchev–Trinajstić information content (AvgIpc) is 2.88. The molecule has 0 unspecified atom stereocenters. The third-order valence-electron chi connectivity index (χ3n) is 2.26. The SMILES string of the molecule is Nc1ccccc1SC[C@@H](O)CSc1cccs1. The first kappa shape index (κ1) is 13.8. The first-order valence-electron chi connectivity index (χ1n) is 5.57. The van der Waals surface area contributed by atoms with Gasteiger partial charge in [-0.25, -0.2) is 0 Å². The zero-order valence-electron chi connectivity index (χ0n) is 9.78. The smallest absolute Gasteiger partial charge is 0.0728 e. The third-order valence-corrected chi connectivity index (χ3v) is 5.77. The highest BCUT2D eigenvalue weighted by Gasteiger charge is 2.07. The summed E-state index contributed by atoms with van der Waals surface area (Å²) < 4.78 is 1.25. The maximum absolute atomic E-state index is 9.92. The van der Waals surface area contributed by atoms with Crippen LogP contribution < -0.4 is 5.73 Å². The third kappa shape index (κ3) is 4.24. The molecule has 0 aliphatic rings. The van der Waals surface area contributed by atoms with Crippen molar-refractivity contribution in [2.24, 2.45) is 0 Å². The Morgan fingerprint density at radius 2 is 1.89 bits per heavy atom. The number of anilines is 1. The van der Waals surface area contributed by atoms with Crippen molar-refractivity contribution in [1.29, 1.82) is 0 Å². The van der Waals surface area contributed by atoms with Crippen LogP contribution in [0.2, 0.25) is 0 Å². The van der Waals surface area contributed by atoms with E-state index < -0.39 is 0 Å². The molecule has 0 saturated heterocycles. The molecule has 0 aliphatic heterocycles. The molecule has 0 saturated carbocycles. The van der Waals surface area contributed by atoms with Crippen LogP contribution in [-0.2, 0) is 0 Å². The molecule has 2 nitrogen and oxygen atoms in total. The Labute approximate surface area is 120 Å². The maximum Gasteiger partial charge on any atom is 0.0728 e. The number of rotatable bonds is 6. The molecule has 0 radical (unpaired) electrons. The number of aliphatic hydroxyl groups excluding tert-OH is 1. The lowest BCUT2D eigenvalue weighted by Gasteiger charge is -2.10. The van der Waals surface area contributed by atoms with Crippen LogP contribution in [0.15, 0.2) is 50.9 Å². The second kappa shape index (κ2) is 7.09. The number of benzene rings is 1. The monoisotopic (exact) mass is 297 g/mol. The maximum atomic E-state index is 9.92. The first-order valence-corrected chi connectivity index (χ1v) is 8.42. The number of hydrogen-bond donors (Lipinski definition) is 2. The van der Waals surface area contributed by atoms with E-state index in [4.69, 9.17) is 5.73 Å². The summed E-state index contributed by atoms with van der Waals surface area (Å²) in [5.74, 6) is 1.40. The number of aliphatic hydroxyl groups is 1. The van der Waals surface area contributed by atoms with Crippen LogP contribution in [0.3, 0.4) is 0 Å². The van der Waals surface area contributed by atoms with Gasteiger partial charge in [-0.2, -0.15) is 0 Å². The van der Waals surface area contributed by atoms with Crippen LogP contribution in [0.5, 0.6) is 0 Å². The predicted octanol–water partition coefficient (Wildman–Crippen LogP) is 3.58. The van der Waals surface area contributed by atoms with Crippen molar-refractivity contribution in [3.8, 4) is 0 Å². The van der Waals surface area contributed by atoms with E-state index in [2.05, 4.69) is 6.07 Å². The fraction of sp³-hybridized carbons (Fsp3) is 0.231. The Morgan fingerprint density at radius 1 is 1.11 bits per heavy atom. The van der Waals surface area contributed by atoms with Gasteiger partial charge in [0.05, 0.1) is 10.3 Å². The van der Waals surface area contributed by atoms with E-state index in [-0.39, 0.29) is 6.10 Å². The Hall–Kier alpha value is -0.620. The van der Waals surface area contributed by atoms with E-state index in [1.807, 2.05) is 35.7 Å². The van der Waals surface area contributed by atoms with Crippen molar-refractivity contribution in [3.63, 3.8) is 0 Å². The molecule has 1 aromatic carbocycles. The van der Waals surface area contributed by atoms with Gasteiger partial charge < -0.3 is 10.8 Å². The van der Waals surface area contributed by atoms with Gasteiger partial charge in [0.1, 0.15) is 0 Å². The van der Waals surface area contributed by atoms with E-state index in [0.717, 1.165) is 16.3 Å². The van der Waals surface area contributed by atoms with Gasteiger partial charge in [0.15, 0.2) is 0 Å². The molecule has 18 heavy (non-hydrogen) atoms. The minimum Gasteiger partial charge on any atom is -0.398 e. The number of nitrogen functional groups attached to an aromatic ring is 1. The zero-order chi connectivity index (χ0) is 12.8. The second-order valence-corrected chi connectivity index (χ2v) is 7.08. The van der Waals surface area contributed by atoms with Crippen LogP contribution in [0, 0.1) is 0 Å². The highest BCUT2D eigenvalue weighted by atomic mass is 32.2. The van der Waals surface area contributed by atoms with Gasteiger partial charge in [0.25, 0.3) is 0 Å². The molecule has 0 bridgehead atoms. The molecule has 1 heterocycles. The molecule has 0 aliphatic carbocycles. The van der Waals surface area contributed by atoms with Gasteiger partial charge in [-0.15, -0.1) is 34.9 Å². The lowest BCUT2D eigenvalue weighted by atomic mass is 10.3. The summed E-state index contributed by atoms with van der Waals surface area (Å²) in [6.07, 6.45) is -0.318. The van der Waals surface area contributed by atoms with Gasteiger partial charge in [-0.05, 0) is 23.6 Å². The summed E-state index contributed by atoms with van der Waals surface area (Å²) in [5, 5.41) is 12.0. The van der Waals surface area contributed by atoms with E-state index in [0.29, 0.717) is 5.75 Å². The molecule has 96 valence electrons. The summed E-state index contributed by atoms with van der Waals surface area (Å²) in [6, 6.07) is 11.9. The van der Waals surface area contributed by atoms with Crippen molar-refractivity contribution in [1.82, 2.24) is 0 Å². The van der Waals surface area contributed by atoms with Gasteiger partial charge in [-0.3, -0.25) is 0 Å². The molecule has 0 spiro atoms. The van der Waals surface area contributed by atoms with E-state index in [9.17, 15) is 5.11 Å². The minimum absolute atomic E-state index is 0.318. The fourth-order valence-corrected chi connectivity index (χ4v) is 4.16. The van der Waals surface area contributed by atoms with Gasteiger partial charge >= 0.3 is 0 Å². The fourth-order valence-electron chi connectivity index (χ4n) is 1.37. The van der Waals surface area contributed by atoms with Crippen molar-refractivity contribution < 1.29 is 5.11 Å². The van der Waals surface area contributed by atoms with Crippen molar-refractivity contribution in [2.45, 2.75) is 15.2 Å². The van der Waals surface area contributed by atoms with Crippen molar-refractivity contribution in [3.05, 3.63) is 41.8 Å². The number of nitrogens with two attached hydrogens (primary N) is 1. The highest BCUT2D eigenvalue weighted by Crippen LogP contribution is 2.28. The Bertz CT molecular complexity index is 473. The molecule has 3 N–H and O–H groups in total. The van der Waals surface area contributed by atoms with Gasteiger partial charge in [0, 0.05) is 22.1 Å². The molecule has 0 amide bonds. The Kier molecular flexibility index (Phi) is 5.44. The largest absolute Gasteiger partial charge is 0.398 e. The number of thioether (sulfide) groups is 2. The molecule has 2 aromatic rings. The van der Waals surface area contributed by atoms with Crippen LogP contribution in [0.1, 0.15) is 0 Å². The standard InChI is InChI=1S/C13H15NOS3/c14-11-4-1-2-5-12(11)17-8-10(15)9-18-13-6-3-7-16-13/h1-7,10,15H,8-9,14H2/t10-/m1/s1. The van der Waals surface area contributed by atoms with Crippen molar-refractivity contribution >= 4 is 40.5 Å². The average molecular weight is 297 g/mol. The molecule has 1 aromatic heterocycles. The summed E-state index contributed by atoms with van der Waals surface area (Å²) in [5.41, 5.74) is 6.63. The van der Waals surface area contributed by atoms with Crippen LogP contribution >= 0.6 is 34.9 Å². The lowest BCUT2D eigenvalue weighted by Crippen LogP contribution is -2.12. The van der Waals surface area contributed by atoms with E-state index in [1.165, 1.54) is 4.21 Å². The Morgan fingerprint density at radius 3 is 2.61 bits per heavy atom. The number of thiophene rings is 1. The van der Waals surface area contributed by atoms with Crippen LogP contribution in [-0.4, -0.2) is 22.7 Å².